The van der Waals surface area contributed by atoms with Crippen molar-refractivity contribution in [3.63, 3.8) is 0 Å². The summed E-state index contributed by atoms with van der Waals surface area (Å²) in [5.41, 5.74) is 1.28. The number of benzene rings is 1. The quantitative estimate of drug-likeness (QED) is 0.227. The Morgan fingerprint density at radius 3 is 2.70 bits per heavy atom. The minimum atomic E-state index is -0.846. The third kappa shape index (κ3) is 7.17. The molecule has 15 heteroatoms. The Kier molecular flexibility index (Phi) is 8.73. The summed E-state index contributed by atoms with van der Waals surface area (Å²) in [7, 11) is 1.32. The second-order valence-corrected chi connectivity index (χ2v) is 11.8. The minimum absolute atomic E-state index is 0.181. The molecule has 0 unspecified atom stereocenters. The van der Waals surface area contributed by atoms with E-state index in [9.17, 15) is 20.4 Å². The fourth-order valence-electron chi connectivity index (χ4n) is 4.97. The van der Waals surface area contributed by atoms with Crippen LogP contribution in [0.1, 0.15) is 50.8 Å². The van der Waals surface area contributed by atoms with Crippen LogP contribution in [0.4, 0.5) is 27.9 Å². The Labute approximate surface area is 254 Å². The lowest BCUT2D eigenvalue weighted by atomic mass is 9.97. The topological polar surface area (TPSA) is 189 Å². The first-order valence-corrected chi connectivity index (χ1v) is 14.4. The Morgan fingerprint density at radius 1 is 1.23 bits per heavy atom. The molecule has 0 bridgehead atoms. The second kappa shape index (κ2) is 12.5. The molecule has 2 atom stereocenters. The average Bonchev–Trinajstić information content (AvgIpc) is 3.69. The van der Waals surface area contributed by atoms with Crippen molar-refractivity contribution in [2.24, 2.45) is 0 Å². The van der Waals surface area contributed by atoms with Crippen LogP contribution in [0.15, 0.2) is 18.3 Å². The number of hydrogen-bond acceptors (Lipinski definition) is 12. The monoisotopic (exact) mass is 607 g/mol. The number of imidazole rings is 1. The number of ether oxygens (including phenoxy) is 1. The van der Waals surface area contributed by atoms with E-state index in [-0.39, 0.29) is 29.8 Å². The summed E-state index contributed by atoms with van der Waals surface area (Å²) < 4.78 is 6.25. The highest BCUT2D eigenvalue weighted by molar-refractivity contribution is 6.36. The first kappa shape index (κ1) is 30.1. The molecule has 3 aromatic rings. The van der Waals surface area contributed by atoms with Crippen molar-refractivity contribution in [1.82, 2.24) is 30.2 Å². The SMILES string of the molecule is COC(=O)N[C@H]1CCN(c2cc(C#N)cc(Nc3nc(NC4CC4)c4ncc(C#N)n4n3)c2Cl)C[C@H]1NCCC(C)(C)O. The predicted molar refractivity (Wildman–Crippen MR) is 160 cm³/mol. The molecule has 0 radical (unpaired) electrons. The maximum Gasteiger partial charge on any atom is 0.407 e. The molecule has 14 nitrogen and oxygen atoms in total. The molecule has 5 N–H and O–H groups in total. The van der Waals surface area contributed by atoms with Gasteiger partial charge < -0.3 is 36.0 Å². The van der Waals surface area contributed by atoms with E-state index >= 15 is 0 Å². The fourth-order valence-corrected chi connectivity index (χ4v) is 5.24. The lowest BCUT2D eigenvalue weighted by Crippen LogP contribution is -2.60. The number of alkyl carbamates (subject to hydrolysis) is 1. The van der Waals surface area contributed by atoms with E-state index in [0.717, 1.165) is 12.8 Å². The highest BCUT2D eigenvalue weighted by Gasteiger charge is 2.32. The molecule has 5 rings (SSSR count). The van der Waals surface area contributed by atoms with E-state index in [2.05, 4.69) is 53.4 Å². The molecule has 1 aliphatic carbocycles. The molecule has 1 amide bonds. The Bertz CT molecular complexity index is 1590. The minimum Gasteiger partial charge on any atom is -0.453 e. The molecule has 0 spiro atoms. The number of fused-ring (bicyclic) bond motifs is 1. The number of nitrogens with zero attached hydrogens (tertiary/aromatic N) is 7. The third-order valence-electron chi connectivity index (χ3n) is 7.41. The number of anilines is 4. The standard InChI is InChI=1S/C28H34ClN11O3/c1-28(2,42)7-8-32-21-15-39(9-6-19(21)36-27(41)43-3)22-11-16(12-30)10-20(23(22)29)35-26-37-24(34-17-4-5-17)25-33-14-18(13-31)40(25)38-26/h10-11,14,17,19,21,32,42H,4-9,15H2,1-3H3,(H,36,41)(H2,34,35,37,38)/t19-,21+/m0/s1. The van der Waals surface area contributed by atoms with E-state index in [1.807, 2.05) is 0 Å². The largest absolute Gasteiger partial charge is 0.453 e. The summed E-state index contributed by atoms with van der Waals surface area (Å²) >= 11 is 6.97. The maximum atomic E-state index is 12.0. The summed E-state index contributed by atoms with van der Waals surface area (Å²) in [4.78, 5) is 23.0. The van der Waals surface area contributed by atoms with Crippen LogP contribution in [0, 0.1) is 22.7 Å². The number of halogens is 1. The molecule has 3 heterocycles. The van der Waals surface area contributed by atoms with Gasteiger partial charge in [0.25, 0.3) is 0 Å². The van der Waals surface area contributed by atoms with Crippen molar-refractivity contribution in [2.75, 3.05) is 42.3 Å². The van der Waals surface area contributed by atoms with Gasteiger partial charge in [-0.3, -0.25) is 0 Å². The van der Waals surface area contributed by atoms with Crippen molar-refractivity contribution >= 4 is 46.5 Å². The van der Waals surface area contributed by atoms with Crippen LogP contribution in [0.2, 0.25) is 5.02 Å². The number of amides is 1. The van der Waals surface area contributed by atoms with E-state index in [0.29, 0.717) is 65.9 Å². The molecule has 2 fully saturated rings. The normalized spacial score (nSPS) is 18.5. The zero-order valence-corrected chi connectivity index (χ0v) is 24.9. The van der Waals surface area contributed by atoms with Gasteiger partial charge in [0.05, 0.1) is 53.0 Å². The Balaban J connectivity index is 1.43. The summed E-state index contributed by atoms with van der Waals surface area (Å²) in [5.74, 6) is 0.676. The average molecular weight is 608 g/mol. The zero-order valence-electron chi connectivity index (χ0n) is 24.2. The molecule has 226 valence electrons. The van der Waals surface area contributed by atoms with Gasteiger partial charge in [-0.2, -0.15) is 20.0 Å². The maximum absolute atomic E-state index is 12.0. The summed E-state index contributed by atoms with van der Waals surface area (Å²) in [5, 5.41) is 47.3. The predicted octanol–water partition coefficient (Wildman–Crippen LogP) is 2.89. The molecule has 2 aromatic heterocycles. The molecular weight excluding hydrogens is 574 g/mol. The van der Waals surface area contributed by atoms with Gasteiger partial charge in [-0.25, -0.2) is 9.78 Å². The Hall–Kier alpha value is -4.37. The van der Waals surface area contributed by atoms with Gasteiger partial charge in [0, 0.05) is 25.2 Å². The number of rotatable bonds is 10. The van der Waals surface area contributed by atoms with E-state index in [4.69, 9.17) is 16.3 Å². The zero-order chi connectivity index (χ0) is 30.7. The molecule has 1 saturated heterocycles. The number of carbonyl (C=O) groups is 1. The molecule has 2 aliphatic rings. The molecular formula is C28H34ClN11O3. The smallest absolute Gasteiger partial charge is 0.407 e. The van der Waals surface area contributed by atoms with Crippen LogP contribution in [0.5, 0.6) is 0 Å². The number of aliphatic hydroxyl groups is 1. The molecule has 43 heavy (non-hydrogen) atoms. The third-order valence-corrected chi connectivity index (χ3v) is 7.81. The van der Waals surface area contributed by atoms with Crippen LogP contribution >= 0.6 is 11.6 Å². The van der Waals surface area contributed by atoms with Crippen molar-refractivity contribution in [2.45, 2.75) is 63.3 Å². The van der Waals surface area contributed by atoms with Crippen molar-refractivity contribution in [1.29, 1.82) is 10.5 Å². The number of nitrogens with one attached hydrogen (secondary N) is 4. The van der Waals surface area contributed by atoms with E-state index < -0.39 is 11.7 Å². The van der Waals surface area contributed by atoms with Gasteiger partial charge in [0.15, 0.2) is 17.2 Å². The number of carbonyl (C=O) groups excluding carboxylic acids is 1. The number of piperidine rings is 1. The van der Waals surface area contributed by atoms with Gasteiger partial charge in [-0.1, -0.05) is 11.6 Å². The van der Waals surface area contributed by atoms with Crippen molar-refractivity contribution in [3.05, 3.63) is 34.6 Å². The molecule has 1 saturated carbocycles. The lowest BCUT2D eigenvalue weighted by molar-refractivity contribution is 0.0695. The fraction of sp³-hybridized carbons (Fsp3) is 0.500. The van der Waals surface area contributed by atoms with Crippen LogP contribution in [0.3, 0.4) is 0 Å². The Morgan fingerprint density at radius 2 is 2.02 bits per heavy atom. The summed E-state index contributed by atoms with van der Waals surface area (Å²) in [6.45, 7) is 5.02. The summed E-state index contributed by atoms with van der Waals surface area (Å²) in [6, 6.07) is 7.51. The number of methoxy groups -OCH3 is 1. The molecule has 1 aliphatic heterocycles. The van der Waals surface area contributed by atoms with E-state index in [1.165, 1.54) is 17.8 Å². The van der Waals surface area contributed by atoms with Crippen molar-refractivity contribution < 1.29 is 14.6 Å². The highest BCUT2D eigenvalue weighted by atomic mass is 35.5. The first-order valence-electron chi connectivity index (χ1n) is 14.1. The van der Waals surface area contributed by atoms with Gasteiger partial charge in [-0.15, -0.1) is 5.10 Å². The van der Waals surface area contributed by atoms with Gasteiger partial charge in [0.1, 0.15) is 6.07 Å². The van der Waals surface area contributed by atoms with Crippen LogP contribution in [-0.4, -0.2) is 81.3 Å². The van der Waals surface area contributed by atoms with Gasteiger partial charge >= 0.3 is 6.09 Å². The van der Waals surface area contributed by atoms with Crippen molar-refractivity contribution in [3.8, 4) is 12.1 Å². The van der Waals surface area contributed by atoms with Crippen LogP contribution in [-0.2, 0) is 4.74 Å². The second-order valence-electron chi connectivity index (χ2n) is 11.4. The first-order chi connectivity index (χ1) is 20.6. The van der Waals surface area contributed by atoms with Gasteiger partial charge in [0.2, 0.25) is 5.95 Å². The highest BCUT2D eigenvalue weighted by Crippen LogP contribution is 2.37. The summed E-state index contributed by atoms with van der Waals surface area (Å²) in [6.07, 6.45) is 4.05. The van der Waals surface area contributed by atoms with Gasteiger partial charge in [-0.05, 0) is 58.2 Å². The molecule has 1 aromatic carbocycles. The lowest BCUT2D eigenvalue weighted by Gasteiger charge is -2.41. The van der Waals surface area contributed by atoms with Crippen LogP contribution < -0.4 is 26.2 Å². The van der Waals surface area contributed by atoms with Crippen LogP contribution in [0.25, 0.3) is 5.65 Å². The number of hydrogen-bond donors (Lipinski definition) is 5. The number of aromatic nitrogens is 4. The number of nitriles is 2. The van der Waals surface area contributed by atoms with E-state index in [1.54, 1.807) is 26.0 Å².